The predicted molar refractivity (Wildman–Crippen MR) is 83.1 cm³/mol. The van der Waals surface area contributed by atoms with Crippen LogP contribution in [0.1, 0.15) is 0 Å². The van der Waals surface area contributed by atoms with Gasteiger partial charge in [-0.2, -0.15) is 0 Å². The summed E-state index contributed by atoms with van der Waals surface area (Å²) >= 11 is 0. The first-order valence-corrected chi connectivity index (χ1v) is 6.56. The van der Waals surface area contributed by atoms with E-state index in [1.54, 1.807) is 14.7 Å². The van der Waals surface area contributed by atoms with Crippen LogP contribution in [0.2, 0.25) is 0 Å². The largest absolute Gasteiger partial charge is 0.356 e. The number of nitrogens with zero attached hydrogens (tertiary/aromatic N) is 3. The Morgan fingerprint density at radius 3 is 0.833 bits per heavy atom. The molecule has 0 saturated heterocycles. The molecule has 15 nitrogen and oxygen atoms in total. The average Bonchev–Trinajstić information content (AvgIpc) is 2.31. The van der Waals surface area contributed by atoms with E-state index < -0.39 is 15.3 Å². The third-order valence-electron chi connectivity index (χ3n) is 2.10. The smallest absolute Gasteiger partial charge is 0.127 e. The van der Waals surface area contributed by atoms with Crippen LogP contribution in [0.3, 0.4) is 0 Å². The van der Waals surface area contributed by atoms with Crippen molar-refractivity contribution in [2.75, 3.05) is 61.4 Å². The Morgan fingerprint density at radius 2 is 0.708 bits per heavy atom. The maximum atomic E-state index is 8.25. The second-order valence-electron chi connectivity index (χ2n) is 5.04. The highest BCUT2D eigenvalue weighted by atomic mass is 16.9. The van der Waals surface area contributed by atoms with Crippen LogP contribution in [-0.4, -0.2) is 76.7 Å². The van der Waals surface area contributed by atoms with Crippen molar-refractivity contribution in [2.24, 2.45) is 0 Å². The standard InChI is InChI=1S/C9H23N3.3NO3/c1-10(2)6-8-12(5)9-7-11(3)4;3*2-1(3)4/h6-9H2,1-5H3;;;/q;3*-1/p+3. The lowest BCUT2D eigenvalue weighted by Gasteiger charge is -2.16. The zero-order valence-corrected chi connectivity index (χ0v) is 14.3. The molecule has 0 atom stereocenters. The maximum Gasteiger partial charge on any atom is 0.127 e. The lowest BCUT2D eigenvalue weighted by atomic mass is 10.4. The van der Waals surface area contributed by atoms with Crippen LogP contribution in [0.15, 0.2) is 0 Å². The Balaban J connectivity index is -0.000000137. The summed E-state index contributed by atoms with van der Waals surface area (Å²) in [6.45, 7) is 5.12. The molecule has 0 aliphatic carbocycles. The van der Waals surface area contributed by atoms with Crippen molar-refractivity contribution in [1.82, 2.24) is 0 Å². The van der Waals surface area contributed by atoms with Gasteiger partial charge in [-0.15, -0.1) is 0 Å². The van der Waals surface area contributed by atoms with E-state index in [1.165, 1.54) is 26.2 Å². The van der Waals surface area contributed by atoms with Crippen LogP contribution < -0.4 is 14.7 Å². The average molecular weight is 362 g/mol. The number of likely N-dealkylation sites (N-methyl/N-ethyl adjacent to an activating group) is 3. The zero-order valence-electron chi connectivity index (χ0n) is 14.3. The minimum atomic E-state index is -1.75. The highest BCUT2D eigenvalue weighted by Gasteiger charge is 2.05. The van der Waals surface area contributed by atoms with Gasteiger partial charge in [-0.05, 0) is 0 Å². The van der Waals surface area contributed by atoms with E-state index in [1.807, 2.05) is 0 Å². The van der Waals surface area contributed by atoms with E-state index >= 15 is 0 Å². The monoisotopic (exact) mass is 362 g/mol. The Labute approximate surface area is 138 Å². The van der Waals surface area contributed by atoms with Crippen LogP contribution >= 0.6 is 0 Å². The van der Waals surface area contributed by atoms with E-state index in [2.05, 4.69) is 35.2 Å². The summed E-state index contributed by atoms with van der Waals surface area (Å²) in [7, 11) is 11.1. The molecule has 15 heteroatoms. The normalized spacial score (nSPS) is 9.00. The molecule has 0 aliphatic heterocycles. The second-order valence-corrected chi connectivity index (χ2v) is 5.04. The van der Waals surface area contributed by atoms with Crippen molar-refractivity contribution in [3.63, 3.8) is 0 Å². The fraction of sp³-hybridized carbons (Fsp3) is 1.00. The van der Waals surface area contributed by atoms with Gasteiger partial charge in [0.05, 0.1) is 50.5 Å². The van der Waals surface area contributed by atoms with Gasteiger partial charge in [0.1, 0.15) is 26.2 Å². The number of hydrogen-bond donors (Lipinski definition) is 3. The van der Waals surface area contributed by atoms with Gasteiger partial charge in [0.25, 0.3) is 0 Å². The highest BCUT2D eigenvalue weighted by Crippen LogP contribution is 1.45. The van der Waals surface area contributed by atoms with Gasteiger partial charge in [0.2, 0.25) is 0 Å². The first-order valence-electron chi connectivity index (χ1n) is 6.56. The van der Waals surface area contributed by atoms with E-state index in [0.29, 0.717) is 0 Å². The van der Waals surface area contributed by atoms with Gasteiger partial charge >= 0.3 is 0 Å². The first kappa shape index (κ1) is 29.5. The number of hydrogen-bond acceptors (Lipinski definition) is 9. The molecule has 0 saturated carbocycles. The maximum absolute atomic E-state index is 8.25. The molecule has 0 spiro atoms. The van der Waals surface area contributed by atoms with Crippen molar-refractivity contribution in [2.45, 2.75) is 0 Å². The topological polar surface area (TPSA) is 212 Å². The molecule has 0 amide bonds. The van der Waals surface area contributed by atoms with Crippen molar-refractivity contribution in [3.8, 4) is 0 Å². The lowest BCUT2D eigenvalue weighted by molar-refractivity contribution is -0.952. The molecule has 0 rings (SSSR count). The predicted octanol–water partition coefficient (Wildman–Crippen LogP) is -4.93. The molecule has 0 aromatic rings. The van der Waals surface area contributed by atoms with Crippen molar-refractivity contribution < 1.29 is 30.0 Å². The molecule has 0 radical (unpaired) electrons. The van der Waals surface area contributed by atoms with Crippen molar-refractivity contribution >= 4 is 0 Å². The van der Waals surface area contributed by atoms with Gasteiger partial charge in [-0.3, -0.25) is 0 Å². The fourth-order valence-electron chi connectivity index (χ4n) is 1.05. The van der Waals surface area contributed by atoms with E-state index in [-0.39, 0.29) is 0 Å². The minimum absolute atomic E-state index is 1.27. The minimum Gasteiger partial charge on any atom is -0.356 e. The molecule has 24 heavy (non-hydrogen) atoms. The van der Waals surface area contributed by atoms with E-state index in [9.17, 15) is 0 Å². The van der Waals surface area contributed by atoms with Crippen molar-refractivity contribution in [1.29, 1.82) is 0 Å². The highest BCUT2D eigenvalue weighted by molar-refractivity contribution is 4.22. The lowest BCUT2D eigenvalue weighted by Crippen LogP contribution is -3.19. The molecule has 0 bridgehead atoms. The van der Waals surface area contributed by atoms with Crippen LogP contribution in [0.25, 0.3) is 0 Å². The summed E-state index contributed by atoms with van der Waals surface area (Å²) in [4.78, 5) is 29.5. The summed E-state index contributed by atoms with van der Waals surface area (Å²) in [5, 5.41) is 44.2. The third kappa shape index (κ3) is 119. The fourth-order valence-corrected chi connectivity index (χ4v) is 1.05. The van der Waals surface area contributed by atoms with Crippen LogP contribution in [0.4, 0.5) is 0 Å². The van der Waals surface area contributed by atoms with Gasteiger partial charge in [0, 0.05) is 0 Å². The van der Waals surface area contributed by atoms with Crippen molar-refractivity contribution in [3.05, 3.63) is 46.0 Å². The molecular weight excluding hydrogens is 336 g/mol. The molecule has 146 valence electrons. The quantitative estimate of drug-likeness (QED) is 0.304. The second kappa shape index (κ2) is 20.5. The van der Waals surface area contributed by atoms with E-state index in [0.717, 1.165) is 0 Å². The van der Waals surface area contributed by atoms with Crippen LogP contribution in [0.5, 0.6) is 0 Å². The summed E-state index contributed by atoms with van der Waals surface area (Å²) < 4.78 is 0. The molecule has 0 unspecified atom stereocenters. The molecule has 0 aliphatic rings. The molecule has 0 fully saturated rings. The summed E-state index contributed by atoms with van der Waals surface area (Å²) in [5.74, 6) is 0. The van der Waals surface area contributed by atoms with Gasteiger partial charge < -0.3 is 60.7 Å². The number of nitrogens with one attached hydrogen (secondary N) is 3. The third-order valence-corrected chi connectivity index (χ3v) is 2.10. The summed E-state index contributed by atoms with van der Waals surface area (Å²) in [6, 6.07) is 0. The Morgan fingerprint density at radius 1 is 0.542 bits per heavy atom. The van der Waals surface area contributed by atoms with Crippen LogP contribution in [-0.2, 0) is 0 Å². The Kier molecular flexibility index (Phi) is 25.2. The van der Waals surface area contributed by atoms with Crippen LogP contribution in [0, 0.1) is 46.0 Å². The molecule has 0 aromatic carbocycles. The number of quaternary nitrogens is 3. The Bertz CT molecular complexity index is 276. The molecule has 3 N–H and O–H groups in total. The SMILES string of the molecule is C[NH+](C)CC[NH+](C)CC[NH+](C)C.O=[N+]([O-])[O-].O=[N+]([O-])[O-].O=[N+]([O-])[O-]. The first-order chi connectivity index (χ1) is 10.7. The van der Waals surface area contributed by atoms with E-state index in [4.69, 9.17) is 46.0 Å². The summed E-state index contributed by atoms with van der Waals surface area (Å²) in [6.07, 6.45) is 0. The number of rotatable bonds is 6. The Hall–Kier alpha value is -2.52. The summed E-state index contributed by atoms with van der Waals surface area (Å²) in [5.41, 5.74) is 0. The zero-order chi connectivity index (χ0) is 20.3. The van der Waals surface area contributed by atoms with Gasteiger partial charge in [0.15, 0.2) is 0 Å². The molecule has 0 aromatic heterocycles. The molecule has 0 heterocycles. The van der Waals surface area contributed by atoms with Gasteiger partial charge in [-0.25, -0.2) is 0 Å². The van der Waals surface area contributed by atoms with Gasteiger partial charge in [-0.1, -0.05) is 0 Å². The molecular formula is C9H26N6O9.